The molecule has 0 unspecified atom stereocenters. The number of rotatable bonds is 5. The largest absolute Gasteiger partial charge is 0.497 e. The number of ether oxygens (including phenoxy) is 1. The number of sulfonamides is 1. The molecule has 136 valence electrons. The molecule has 5 heteroatoms. The molecule has 0 aromatic heterocycles. The topological polar surface area (TPSA) is 55.4 Å². The summed E-state index contributed by atoms with van der Waals surface area (Å²) in [4.78, 5) is 0.266. The van der Waals surface area contributed by atoms with Crippen molar-refractivity contribution in [2.45, 2.75) is 50.5 Å². The van der Waals surface area contributed by atoms with Crippen LogP contribution in [0.5, 0.6) is 5.75 Å². The van der Waals surface area contributed by atoms with Gasteiger partial charge in [0.1, 0.15) is 5.75 Å². The van der Waals surface area contributed by atoms with Gasteiger partial charge in [-0.05, 0) is 54.7 Å². The minimum absolute atomic E-state index is 0.0158. The van der Waals surface area contributed by atoms with E-state index in [4.69, 9.17) is 4.74 Å². The molecule has 2 rings (SSSR count). The highest BCUT2D eigenvalue weighted by Gasteiger charge is 2.28. The van der Waals surface area contributed by atoms with Crippen LogP contribution in [0.3, 0.4) is 0 Å². The molecule has 2 aromatic carbocycles. The Balaban J connectivity index is 2.27. The van der Waals surface area contributed by atoms with E-state index in [1.54, 1.807) is 19.2 Å². The molecule has 0 aliphatic carbocycles. The smallest absolute Gasteiger partial charge is 0.241 e. The molecule has 0 bridgehead atoms. The minimum Gasteiger partial charge on any atom is -0.497 e. The van der Waals surface area contributed by atoms with Crippen LogP contribution in [0.15, 0.2) is 53.4 Å². The summed E-state index contributed by atoms with van der Waals surface area (Å²) in [7, 11) is -2.02. The fourth-order valence-corrected chi connectivity index (χ4v) is 4.00. The minimum atomic E-state index is -3.63. The summed E-state index contributed by atoms with van der Waals surface area (Å²) in [5.41, 5.74) is 1.20. The van der Waals surface area contributed by atoms with Gasteiger partial charge in [0.15, 0.2) is 0 Å². The van der Waals surface area contributed by atoms with Crippen molar-refractivity contribution in [1.82, 2.24) is 4.72 Å². The van der Waals surface area contributed by atoms with Crippen LogP contribution in [0.4, 0.5) is 0 Å². The highest BCUT2D eigenvalue weighted by atomic mass is 32.2. The summed E-state index contributed by atoms with van der Waals surface area (Å²) in [6.07, 6.45) is 0. The summed E-state index contributed by atoms with van der Waals surface area (Å²) < 4.78 is 33.5. The standard InChI is InChI=1S/C20H27NO3S/c1-19(2,3)15-9-13-18(14-10-15)25(22,23)21-20(4,5)16-7-11-17(24-6)12-8-16/h7-14,21H,1-6H3. The van der Waals surface area contributed by atoms with Gasteiger partial charge in [0.05, 0.1) is 17.5 Å². The van der Waals surface area contributed by atoms with Gasteiger partial charge in [0, 0.05) is 0 Å². The van der Waals surface area contributed by atoms with Crippen LogP contribution in [-0.2, 0) is 21.0 Å². The van der Waals surface area contributed by atoms with E-state index in [0.29, 0.717) is 0 Å². The Morgan fingerprint density at radius 2 is 1.28 bits per heavy atom. The maximum atomic E-state index is 12.8. The zero-order chi connectivity index (χ0) is 18.9. The van der Waals surface area contributed by atoms with Crippen LogP contribution in [0.25, 0.3) is 0 Å². The molecule has 0 spiro atoms. The molecule has 0 atom stereocenters. The molecule has 0 heterocycles. The fourth-order valence-electron chi connectivity index (χ4n) is 2.60. The molecule has 0 amide bonds. The Hall–Kier alpha value is -1.85. The molecule has 0 aliphatic rings. The second-order valence-electron chi connectivity index (χ2n) is 7.73. The van der Waals surface area contributed by atoms with Crippen LogP contribution in [0.1, 0.15) is 45.7 Å². The molecule has 1 N–H and O–H groups in total. The van der Waals surface area contributed by atoms with Crippen molar-refractivity contribution in [2.24, 2.45) is 0 Å². The summed E-state index contributed by atoms with van der Waals surface area (Å²) >= 11 is 0. The molecule has 25 heavy (non-hydrogen) atoms. The highest BCUT2D eigenvalue weighted by molar-refractivity contribution is 7.89. The molecular formula is C20H27NO3S. The van der Waals surface area contributed by atoms with Crippen molar-refractivity contribution in [3.63, 3.8) is 0 Å². The SMILES string of the molecule is COc1ccc(C(C)(C)NS(=O)(=O)c2ccc(C(C)(C)C)cc2)cc1. The average Bonchev–Trinajstić information content (AvgIpc) is 2.53. The first-order valence-corrected chi connectivity index (χ1v) is 9.73. The monoisotopic (exact) mass is 361 g/mol. The molecule has 4 nitrogen and oxygen atoms in total. The predicted octanol–water partition coefficient (Wildman–Crippen LogP) is 4.21. The van der Waals surface area contributed by atoms with E-state index in [1.165, 1.54) is 0 Å². The number of hydrogen-bond acceptors (Lipinski definition) is 3. The number of nitrogens with one attached hydrogen (secondary N) is 1. The van der Waals surface area contributed by atoms with E-state index >= 15 is 0 Å². The van der Waals surface area contributed by atoms with Crippen molar-refractivity contribution in [3.05, 3.63) is 59.7 Å². The Morgan fingerprint density at radius 1 is 0.800 bits per heavy atom. The maximum absolute atomic E-state index is 12.8. The zero-order valence-electron chi connectivity index (χ0n) is 15.8. The Bertz CT molecular complexity index is 815. The second kappa shape index (κ2) is 6.81. The molecule has 0 saturated carbocycles. The van der Waals surface area contributed by atoms with Gasteiger partial charge in [0.25, 0.3) is 0 Å². The van der Waals surface area contributed by atoms with Gasteiger partial charge in [0.2, 0.25) is 10.0 Å². The Morgan fingerprint density at radius 3 is 1.72 bits per heavy atom. The third-order valence-electron chi connectivity index (χ3n) is 4.23. The summed E-state index contributed by atoms with van der Waals surface area (Å²) in [5, 5.41) is 0. The highest BCUT2D eigenvalue weighted by Crippen LogP contribution is 2.27. The molecule has 0 fully saturated rings. The van der Waals surface area contributed by atoms with E-state index in [-0.39, 0.29) is 10.3 Å². The van der Waals surface area contributed by atoms with Gasteiger partial charge in [-0.25, -0.2) is 13.1 Å². The Kier molecular flexibility index (Phi) is 5.30. The van der Waals surface area contributed by atoms with Gasteiger partial charge in [-0.2, -0.15) is 0 Å². The van der Waals surface area contributed by atoms with Gasteiger partial charge < -0.3 is 4.74 Å². The first-order chi connectivity index (χ1) is 11.5. The predicted molar refractivity (Wildman–Crippen MR) is 101 cm³/mol. The van der Waals surface area contributed by atoms with E-state index in [0.717, 1.165) is 16.9 Å². The third-order valence-corrected chi connectivity index (χ3v) is 5.90. The molecular weight excluding hydrogens is 334 g/mol. The Labute approximate surface area is 151 Å². The van der Waals surface area contributed by atoms with Crippen molar-refractivity contribution < 1.29 is 13.2 Å². The molecule has 0 aliphatic heterocycles. The van der Waals surface area contributed by atoms with E-state index in [1.807, 2.05) is 50.2 Å². The lowest BCUT2D eigenvalue weighted by Gasteiger charge is -2.27. The van der Waals surface area contributed by atoms with Gasteiger partial charge >= 0.3 is 0 Å². The zero-order valence-corrected chi connectivity index (χ0v) is 16.6. The van der Waals surface area contributed by atoms with Gasteiger partial charge in [-0.1, -0.05) is 45.0 Å². The second-order valence-corrected chi connectivity index (χ2v) is 9.42. The number of methoxy groups -OCH3 is 1. The lowest BCUT2D eigenvalue weighted by molar-refractivity contribution is 0.413. The summed E-state index contributed by atoms with van der Waals surface area (Å²) in [6.45, 7) is 9.98. The van der Waals surface area contributed by atoms with Crippen LogP contribution < -0.4 is 9.46 Å². The van der Waals surface area contributed by atoms with Crippen LogP contribution in [-0.4, -0.2) is 15.5 Å². The van der Waals surface area contributed by atoms with Crippen molar-refractivity contribution in [1.29, 1.82) is 0 Å². The number of hydrogen-bond donors (Lipinski definition) is 1. The van der Waals surface area contributed by atoms with Crippen molar-refractivity contribution in [2.75, 3.05) is 7.11 Å². The first-order valence-electron chi connectivity index (χ1n) is 8.25. The van der Waals surface area contributed by atoms with Crippen LogP contribution >= 0.6 is 0 Å². The molecule has 0 saturated heterocycles. The number of benzene rings is 2. The molecule has 2 aromatic rings. The summed E-state index contributed by atoms with van der Waals surface area (Å²) in [6, 6.07) is 14.4. The third kappa shape index (κ3) is 4.61. The fraction of sp³-hybridized carbons (Fsp3) is 0.400. The van der Waals surface area contributed by atoms with E-state index in [9.17, 15) is 8.42 Å². The van der Waals surface area contributed by atoms with Crippen LogP contribution in [0.2, 0.25) is 0 Å². The van der Waals surface area contributed by atoms with E-state index < -0.39 is 15.6 Å². The quantitative estimate of drug-likeness (QED) is 0.868. The first kappa shape index (κ1) is 19.5. The lowest BCUT2D eigenvalue weighted by atomic mass is 9.87. The van der Waals surface area contributed by atoms with E-state index in [2.05, 4.69) is 25.5 Å². The van der Waals surface area contributed by atoms with Gasteiger partial charge in [-0.15, -0.1) is 0 Å². The van der Waals surface area contributed by atoms with Crippen LogP contribution in [0, 0.1) is 0 Å². The average molecular weight is 362 g/mol. The van der Waals surface area contributed by atoms with Crippen molar-refractivity contribution >= 4 is 10.0 Å². The van der Waals surface area contributed by atoms with Gasteiger partial charge in [-0.3, -0.25) is 0 Å². The normalized spacial score (nSPS) is 12.9. The lowest BCUT2D eigenvalue weighted by Crippen LogP contribution is -2.40. The van der Waals surface area contributed by atoms with Crippen molar-refractivity contribution in [3.8, 4) is 5.75 Å². The summed E-state index contributed by atoms with van der Waals surface area (Å²) in [5.74, 6) is 0.736. The molecule has 0 radical (unpaired) electrons. The maximum Gasteiger partial charge on any atom is 0.241 e.